The van der Waals surface area contributed by atoms with E-state index in [-0.39, 0.29) is 0 Å². The maximum absolute atomic E-state index is 5.52. The highest BCUT2D eigenvalue weighted by atomic mass is 32.1. The number of nitrogen functional groups attached to an aromatic ring is 1. The molecule has 5 heteroatoms. The monoisotopic (exact) mass is 234 g/mol. The first-order valence-corrected chi connectivity index (χ1v) is 5.98. The normalized spacial score (nSPS) is 12.3. The molecule has 0 aromatic carbocycles. The molecule has 1 atom stereocenters. The van der Waals surface area contributed by atoms with Gasteiger partial charge in [-0.15, -0.1) is 11.3 Å². The number of anilines is 2. The van der Waals surface area contributed by atoms with Crippen LogP contribution in [0.5, 0.6) is 0 Å². The molecule has 0 amide bonds. The molecule has 0 saturated carbocycles. The lowest BCUT2D eigenvalue weighted by molar-refractivity contribution is 0.786. The van der Waals surface area contributed by atoms with Gasteiger partial charge in [0.1, 0.15) is 0 Å². The minimum Gasteiger partial charge on any atom is -0.396 e. The Labute approximate surface area is 98.6 Å². The summed E-state index contributed by atoms with van der Waals surface area (Å²) in [6.07, 6.45) is 4.19. The molecule has 0 aliphatic rings. The molecule has 0 bridgehead atoms. The van der Waals surface area contributed by atoms with Gasteiger partial charge >= 0.3 is 0 Å². The quantitative estimate of drug-likeness (QED) is 0.851. The maximum Gasteiger partial charge on any atom is 0.222 e. The lowest BCUT2D eigenvalue weighted by Crippen LogP contribution is -2.19. The SMILES string of the molecule is CC(Cc1cccs1)Nc1ncc(N)cn1. The molecule has 0 aliphatic carbocycles. The standard InChI is InChI=1S/C11H14N4S/c1-8(5-10-3-2-4-16-10)15-11-13-6-9(12)7-14-11/h2-4,6-8H,5,12H2,1H3,(H,13,14,15). The Balaban J connectivity index is 1.92. The predicted molar refractivity (Wildman–Crippen MR) is 67.6 cm³/mol. The Morgan fingerprint density at radius 1 is 1.44 bits per heavy atom. The molecule has 2 rings (SSSR count). The van der Waals surface area contributed by atoms with Gasteiger partial charge in [0, 0.05) is 17.3 Å². The molecule has 1 unspecified atom stereocenters. The van der Waals surface area contributed by atoms with Crippen LogP contribution in [-0.4, -0.2) is 16.0 Å². The molecule has 2 aromatic rings. The molecule has 2 heterocycles. The van der Waals surface area contributed by atoms with Gasteiger partial charge in [0.25, 0.3) is 0 Å². The molecule has 3 N–H and O–H groups in total. The average molecular weight is 234 g/mol. The van der Waals surface area contributed by atoms with Crippen molar-refractivity contribution < 1.29 is 0 Å². The first-order valence-electron chi connectivity index (χ1n) is 5.10. The van der Waals surface area contributed by atoms with E-state index in [1.54, 1.807) is 23.7 Å². The molecule has 16 heavy (non-hydrogen) atoms. The van der Waals surface area contributed by atoms with E-state index >= 15 is 0 Å². The third kappa shape index (κ3) is 2.93. The van der Waals surface area contributed by atoms with Gasteiger partial charge < -0.3 is 11.1 Å². The highest BCUT2D eigenvalue weighted by Gasteiger charge is 2.05. The molecule has 2 aromatic heterocycles. The molecule has 0 radical (unpaired) electrons. The third-order valence-corrected chi connectivity index (χ3v) is 3.03. The highest BCUT2D eigenvalue weighted by Crippen LogP contribution is 2.12. The van der Waals surface area contributed by atoms with Crippen LogP contribution in [0.4, 0.5) is 11.6 Å². The van der Waals surface area contributed by atoms with Gasteiger partial charge in [0.15, 0.2) is 0 Å². The minimum atomic E-state index is 0.308. The van der Waals surface area contributed by atoms with Crippen LogP contribution in [0.1, 0.15) is 11.8 Å². The van der Waals surface area contributed by atoms with E-state index in [4.69, 9.17) is 5.73 Å². The Hall–Kier alpha value is -1.62. The highest BCUT2D eigenvalue weighted by molar-refractivity contribution is 7.09. The molecule has 0 fully saturated rings. The topological polar surface area (TPSA) is 63.8 Å². The lowest BCUT2D eigenvalue weighted by Gasteiger charge is -2.12. The molecule has 0 saturated heterocycles. The van der Waals surface area contributed by atoms with E-state index in [0.29, 0.717) is 17.7 Å². The first-order chi connectivity index (χ1) is 7.74. The fourth-order valence-electron chi connectivity index (χ4n) is 1.41. The molecule has 0 aliphatic heterocycles. The summed E-state index contributed by atoms with van der Waals surface area (Å²) in [5.74, 6) is 0.623. The van der Waals surface area contributed by atoms with E-state index in [1.807, 2.05) is 0 Å². The summed E-state index contributed by atoms with van der Waals surface area (Å²) in [6.45, 7) is 2.11. The number of nitrogens with two attached hydrogens (primary N) is 1. The Kier molecular flexibility index (Phi) is 3.36. The number of nitrogens with zero attached hydrogens (tertiary/aromatic N) is 2. The second-order valence-corrected chi connectivity index (χ2v) is 4.70. The van der Waals surface area contributed by atoms with Crippen molar-refractivity contribution in [1.29, 1.82) is 0 Å². The van der Waals surface area contributed by atoms with Gasteiger partial charge in [-0.25, -0.2) is 9.97 Å². The van der Waals surface area contributed by atoms with Crippen molar-refractivity contribution in [2.45, 2.75) is 19.4 Å². The van der Waals surface area contributed by atoms with Crippen molar-refractivity contribution in [3.05, 3.63) is 34.8 Å². The van der Waals surface area contributed by atoms with Crippen molar-refractivity contribution in [1.82, 2.24) is 9.97 Å². The second kappa shape index (κ2) is 4.94. The molecular formula is C11H14N4S. The lowest BCUT2D eigenvalue weighted by atomic mass is 10.2. The Morgan fingerprint density at radius 2 is 2.19 bits per heavy atom. The molecular weight excluding hydrogens is 220 g/mol. The van der Waals surface area contributed by atoms with Gasteiger partial charge in [-0.1, -0.05) is 6.07 Å². The van der Waals surface area contributed by atoms with Crippen molar-refractivity contribution in [2.75, 3.05) is 11.1 Å². The summed E-state index contributed by atoms with van der Waals surface area (Å²) in [6, 6.07) is 4.50. The second-order valence-electron chi connectivity index (χ2n) is 3.67. The van der Waals surface area contributed by atoms with Crippen molar-refractivity contribution in [2.24, 2.45) is 0 Å². The van der Waals surface area contributed by atoms with Crippen molar-refractivity contribution in [3.63, 3.8) is 0 Å². The first kappa shape index (κ1) is 10.9. The number of aromatic nitrogens is 2. The summed E-state index contributed by atoms with van der Waals surface area (Å²) < 4.78 is 0. The zero-order chi connectivity index (χ0) is 11.4. The zero-order valence-corrected chi connectivity index (χ0v) is 9.87. The predicted octanol–water partition coefficient (Wildman–Crippen LogP) is 2.16. The van der Waals surface area contributed by atoms with Gasteiger partial charge in [0.2, 0.25) is 5.95 Å². The number of hydrogen-bond donors (Lipinski definition) is 2. The number of nitrogens with one attached hydrogen (secondary N) is 1. The summed E-state index contributed by atoms with van der Waals surface area (Å²) in [5, 5.41) is 5.32. The maximum atomic E-state index is 5.52. The van der Waals surface area contributed by atoms with Crippen LogP contribution < -0.4 is 11.1 Å². The smallest absolute Gasteiger partial charge is 0.222 e. The number of hydrogen-bond acceptors (Lipinski definition) is 5. The van der Waals surface area contributed by atoms with Gasteiger partial charge in [-0.3, -0.25) is 0 Å². The number of rotatable bonds is 4. The van der Waals surface area contributed by atoms with E-state index in [1.165, 1.54) is 4.88 Å². The van der Waals surface area contributed by atoms with Gasteiger partial charge in [0.05, 0.1) is 18.1 Å². The van der Waals surface area contributed by atoms with Crippen molar-refractivity contribution in [3.8, 4) is 0 Å². The fraction of sp³-hybridized carbons (Fsp3) is 0.273. The Bertz CT molecular complexity index is 424. The summed E-state index contributed by atoms with van der Waals surface area (Å²) in [5.41, 5.74) is 6.10. The summed E-state index contributed by atoms with van der Waals surface area (Å²) >= 11 is 1.76. The van der Waals surface area contributed by atoms with E-state index in [9.17, 15) is 0 Å². The van der Waals surface area contributed by atoms with E-state index in [0.717, 1.165) is 6.42 Å². The largest absolute Gasteiger partial charge is 0.396 e. The molecule has 84 valence electrons. The van der Waals surface area contributed by atoms with Crippen LogP contribution in [0.3, 0.4) is 0 Å². The van der Waals surface area contributed by atoms with Gasteiger partial charge in [-0.2, -0.15) is 0 Å². The summed E-state index contributed by atoms with van der Waals surface area (Å²) in [4.78, 5) is 9.56. The number of thiophene rings is 1. The van der Waals surface area contributed by atoms with Crippen molar-refractivity contribution >= 4 is 23.0 Å². The van der Waals surface area contributed by atoms with E-state index in [2.05, 4.69) is 39.7 Å². The minimum absolute atomic E-state index is 0.308. The zero-order valence-electron chi connectivity index (χ0n) is 9.05. The van der Waals surface area contributed by atoms with Crippen LogP contribution in [0.15, 0.2) is 29.9 Å². The third-order valence-electron chi connectivity index (χ3n) is 2.13. The average Bonchev–Trinajstić information content (AvgIpc) is 2.74. The fourth-order valence-corrected chi connectivity index (χ4v) is 2.25. The summed E-state index contributed by atoms with van der Waals surface area (Å²) in [7, 11) is 0. The Morgan fingerprint density at radius 3 is 2.81 bits per heavy atom. The van der Waals surface area contributed by atoms with Crippen LogP contribution in [0.2, 0.25) is 0 Å². The van der Waals surface area contributed by atoms with Gasteiger partial charge in [-0.05, 0) is 18.4 Å². The molecule has 4 nitrogen and oxygen atoms in total. The van der Waals surface area contributed by atoms with Crippen LogP contribution >= 0.6 is 11.3 Å². The van der Waals surface area contributed by atoms with Crippen LogP contribution in [0, 0.1) is 0 Å². The van der Waals surface area contributed by atoms with Crippen LogP contribution in [-0.2, 0) is 6.42 Å². The van der Waals surface area contributed by atoms with Crippen LogP contribution in [0.25, 0.3) is 0 Å². The van der Waals surface area contributed by atoms with E-state index < -0.39 is 0 Å². The molecule has 0 spiro atoms.